The van der Waals surface area contributed by atoms with Gasteiger partial charge in [0.05, 0.1) is 24.0 Å². The summed E-state index contributed by atoms with van der Waals surface area (Å²) in [5.41, 5.74) is -0.211. The van der Waals surface area contributed by atoms with Crippen molar-refractivity contribution >= 4 is 16.1 Å². The van der Waals surface area contributed by atoms with Crippen molar-refractivity contribution in [2.24, 2.45) is 0 Å². The Labute approximate surface area is 192 Å². The Morgan fingerprint density at radius 1 is 1.15 bits per heavy atom. The zero-order valence-electron chi connectivity index (χ0n) is 18.1. The molecule has 34 heavy (non-hydrogen) atoms. The number of piperidine rings is 1. The van der Waals surface area contributed by atoms with Gasteiger partial charge in [-0.05, 0) is 24.8 Å². The van der Waals surface area contributed by atoms with Crippen LogP contribution in [0.3, 0.4) is 0 Å². The molecule has 2 fully saturated rings. The smallest absolute Gasteiger partial charge is 0.426 e. The Kier molecular flexibility index (Phi) is 7.44. The number of likely N-dealkylation sites (tertiary alicyclic amines) is 1. The van der Waals surface area contributed by atoms with Crippen molar-refractivity contribution in [1.82, 2.24) is 9.21 Å². The Hall–Kier alpha value is -2.06. The molecule has 1 spiro atoms. The van der Waals surface area contributed by atoms with Gasteiger partial charge in [0.2, 0.25) is 10.0 Å². The standard InChI is InChI=1S/C20H24F6N2O5S/c1-27(34(30,31)13-14-5-3-2-4-6-14)15-11-18(32-12-15)7-9-28(10-8-18)17(29)33-16(19(21,22)23)20(24,25)26/h2-6,15-16H,7-13H2,1H3. The van der Waals surface area contributed by atoms with Gasteiger partial charge in [0.25, 0.3) is 6.10 Å². The number of nitrogens with zero attached hydrogens (tertiary/aromatic N) is 2. The van der Waals surface area contributed by atoms with Crippen LogP contribution in [0.5, 0.6) is 0 Å². The maximum absolute atomic E-state index is 12.8. The Balaban J connectivity index is 1.57. The predicted octanol–water partition coefficient (Wildman–Crippen LogP) is 3.70. The van der Waals surface area contributed by atoms with Crippen molar-refractivity contribution in [2.75, 3.05) is 26.7 Å². The molecule has 3 rings (SSSR count). The molecule has 1 aromatic rings. The third-order valence-corrected chi connectivity index (χ3v) is 7.95. The highest BCUT2D eigenvalue weighted by molar-refractivity contribution is 7.88. The number of sulfonamides is 1. The van der Waals surface area contributed by atoms with Gasteiger partial charge in [-0.25, -0.2) is 13.2 Å². The Morgan fingerprint density at radius 2 is 1.71 bits per heavy atom. The lowest BCUT2D eigenvalue weighted by molar-refractivity contribution is -0.308. The van der Waals surface area contributed by atoms with Crippen LogP contribution in [-0.4, -0.2) is 80.6 Å². The summed E-state index contributed by atoms with van der Waals surface area (Å²) < 4.78 is 112. The molecule has 2 saturated heterocycles. The van der Waals surface area contributed by atoms with E-state index in [2.05, 4.69) is 4.74 Å². The van der Waals surface area contributed by atoms with Crippen LogP contribution in [0.4, 0.5) is 31.1 Å². The highest BCUT2D eigenvalue weighted by Gasteiger charge is 2.60. The molecule has 1 unspecified atom stereocenters. The number of carbonyl (C=O) groups is 1. The van der Waals surface area contributed by atoms with E-state index in [4.69, 9.17) is 4.74 Å². The summed E-state index contributed by atoms with van der Waals surface area (Å²) in [6, 6.07) is 8.10. The van der Waals surface area contributed by atoms with E-state index in [1.165, 1.54) is 11.4 Å². The zero-order valence-corrected chi connectivity index (χ0v) is 18.9. The van der Waals surface area contributed by atoms with Crippen molar-refractivity contribution in [3.8, 4) is 0 Å². The molecule has 2 heterocycles. The normalized spacial score (nSPS) is 21.4. The van der Waals surface area contributed by atoms with Gasteiger partial charge in [-0.1, -0.05) is 30.3 Å². The second-order valence-electron chi connectivity index (χ2n) is 8.44. The zero-order chi connectivity index (χ0) is 25.4. The first-order valence-corrected chi connectivity index (χ1v) is 12.0. The van der Waals surface area contributed by atoms with Gasteiger partial charge in [0.15, 0.2) is 0 Å². The van der Waals surface area contributed by atoms with Crippen LogP contribution < -0.4 is 0 Å². The van der Waals surface area contributed by atoms with Gasteiger partial charge in [-0.2, -0.15) is 30.6 Å². The summed E-state index contributed by atoms with van der Waals surface area (Å²) in [6.45, 7) is -0.290. The maximum atomic E-state index is 12.8. The van der Waals surface area contributed by atoms with Crippen molar-refractivity contribution in [1.29, 1.82) is 0 Å². The molecule has 192 valence electrons. The second kappa shape index (κ2) is 9.53. The molecule has 0 bridgehead atoms. The fraction of sp³-hybridized carbons (Fsp3) is 0.650. The van der Waals surface area contributed by atoms with Crippen LogP contribution in [0, 0.1) is 0 Å². The molecule has 0 aliphatic carbocycles. The first-order chi connectivity index (χ1) is 15.6. The van der Waals surface area contributed by atoms with E-state index in [9.17, 15) is 39.6 Å². The number of rotatable bonds is 5. The summed E-state index contributed by atoms with van der Waals surface area (Å²) in [5.74, 6) is -0.201. The van der Waals surface area contributed by atoms with Crippen LogP contribution in [0.2, 0.25) is 0 Å². The van der Waals surface area contributed by atoms with Gasteiger partial charge in [-0.15, -0.1) is 0 Å². The molecule has 1 aromatic carbocycles. The first kappa shape index (κ1) is 26.5. The average molecular weight is 518 g/mol. The Bertz CT molecular complexity index is 948. The van der Waals surface area contributed by atoms with E-state index in [1.807, 2.05) is 0 Å². The van der Waals surface area contributed by atoms with Crippen molar-refractivity contribution in [2.45, 2.75) is 55.1 Å². The lowest BCUT2D eigenvalue weighted by Crippen LogP contribution is -2.51. The van der Waals surface area contributed by atoms with Crippen LogP contribution in [0.15, 0.2) is 30.3 Å². The summed E-state index contributed by atoms with van der Waals surface area (Å²) in [4.78, 5) is 12.7. The van der Waals surface area contributed by atoms with E-state index >= 15 is 0 Å². The summed E-state index contributed by atoms with van der Waals surface area (Å²) in [6.07, 6.45) is -17.0. The van der Waals surface area contributed by atoms with Gasteiger partial charge in [0.1, 0.15) is 0 Å². The maximum Gasteiger partial charge on any atom is 0.434 e. The number of hydrogen-bond donors (Lipinski definition) is 0. The molecule has 0 aromatic heterocycles. The average Bonchev–Trinajstić information content (AvgIpc) is 3.14. The highest BCUT2D eigenvalue weighted by atomic mass is 32.2. The second-order valence-corrected chi connectivity index (χ2v) is 10.5. The van der Waals surface area contributed by atoms with Crippen molar-refractivity contribution in [3.05, 3.63) is 35.9 Å². The largest absolute Gasteiger partial charge is 0.434 e. The van der Waals surface area contributed by atoms with Gasteiger partial charge < -0.3 is 14.4 Å². The lowest BCUT2D eigenvalue weighted by Gasteiger charge is -2.39. The molecule has 0 N–H and O–H groups in total. The van der Waals surface area contributed by atoms with Gasteiger partial charge in [-0.3, -0.25) is 0 Å². The van der Waals surface area contributed by atoms with Gasteiger partial charge >= 0.3 is 18.4 Å². The van der Waals surface area contributed by atoms with Crippen LogP contribution >= 0.6 is 0 Å². The Morgan fingerprint density at radius 3 is 2.24 bits per heavy atom. The highest BCUT2D eigenvalue weighted by Crippen LogP contribution is 2.40. The summed E-state index contributed by atoms with van der Waals surface area (Å²) in [7, 11) is -2.23. The minimum atomic E-state index is -5.79. The quantitative estimate of drug-likeness (QED) is 0.556. The first-order valence-electron chi connectivity index (χ1n) is 10.4. The molecule has 7 nitrogen and oxygen atoms in total. The third kappa shape index (κ3) is 6.13. The number of amides is 1. The predicted molar refractivity (Wildman–Crippen MR) is 107 cm³/mol. The lowest BCUT2D eigenvalue weighted by atomic mass is 9.87. The van der Waals surface area contributed by atoms with Crippen LogP contribution in [0.1, 0.15) is 24.8 Å². The monoisotopic (exact) mass is 518 g/mol. The molecule has 2 aliphatic rings. The fourth-order valence-electron chi connectivity index (χ4n) is 4.11. The minimum absolute atomic E-state index is 0.0825. The number of halogens is 6. The molecule has 1 atom stereocenters. The van der Waals surface area contributed by atoms with Crippen molar-refractivity contribution < 1.29 is 49.0 Å². The van der Waals surface area contributed by atoms with E-state index < -0.39 is 46.2 Å². The molecule has 1 amide bonds. The summed E-state index contributed by atoms with van der Waals surface area (Å²) in [5, 5.41) is 0. The summed E-state index contributed by atoms with van der Waals surface area (Å²) >= 11 is 0. The number of carbonyl (C=O) groups excluding carboxylic acids is 1. The fourth-order valence-corrected chi connectivity index (χ4v) is 5.51. The van der Waals surface area contributed by atoms with Crippen LogP contribution in [-0.2, 0) is 25.2 Å². The number of benzene rings is 1. The number of hydrogen-bond acceptors (Lipinski definition) is 5. The SMILES string of the molecule is CN(C1COC2(CCN(C(=O)OC(C(F)(F)F)C(F)(F)F)CC2)C1)S(=O)(=O)Cc1ccccc1. The molecule has 14 heteroatoms. The van der Waals surface area contributed by atoms with Crippen molar-refractivity contribution in [3.63, 3.8) is 0 Å². The van der Waals surface area contributed by atoms with Crippen LogP contribution in [0.25, 0.3) is 0 Å². The molecule has 0 saturated carbocycles. The van der Waals surface area contributed by atoms with E-state index in [1.54, 1.807) is 30.3 Å². The number of ether oxygens (including phenoxy) is 2. The minimum Gasteiger partial charge on any atom is -0.426 e. The number of likely N-dealkylation sites (N-methyl/N-ethyl adjacent to an activating group) is 1. The van der Waals surface area contributed by atoms with E-state index in [0.29, 0.717) is 5.56 Å². The number of alkyl halides is 6. The van der Waals surface area contributed by atoms with E-state index in [0.717, 1.165) is 4.90 Å². The third-order valence-electron chi connectivity index (χ3n) is 6.08. The van der Waals surface area contributed by atoms with E-state index in [-0.39, 0.29) is 44.7 Å². The molecular weight excluding hydrogens is 494 g/mol. The molecule has 2 aliphatic heterocycles. The van der Waals surface area contributed by atoms with Gasteiger partial charge in [0, 0.05) is 20.1 Å². The molecular formula is C20H24F6N2O5S. The molecule has 0 radical (unpaired) electrons. The topological polar surface area (TPSA) is 76.2 Å².